The van der Waals surface area contributed by atoms with Crippen molar-refractivity contribution in [3.8, 4) is 0 Å². The first-order valence-corrected chi connectivity index (χ1v) is 11.3. The molecule has 0 radical (unpaired) electrons. The summed E-state index contributed by atoms with van der Waals surface area (Å²) in [5.74, 6) is 0. The van der Waals surface area contributed by atoms with E-state index in [4.69, 9.17) is 16.7 Å². The van der Waals surface area contributed by atoms with Crippen molar-refractivity contribution >= 4 is 39.1 Å². The Balaban J connectivity index is 0.000000158. The van der Waals surface area contributed by atoms with Crippen LogP contribution in [-0.4, -0.2) is 33.3 Å². The molecule has 0 aliphatic carbocycles. The van der Waals surface area contributed by atoms with Gasteiger partial charge in [-0.05, 0) is 62.1 Å². The fraction of sp³-hybridized carbons (Fsp3) is 0.308. The monoisotopic (exact) mass is 449 g/mol. The zero-order chi connectivity index (χ0) is 22.7. The van der Waals surface area contributed by atoms with Crippen LogP contribution in [0.15, 0.2) is 48.5 Å². The van der Waals surface area contributed by atoms with E-state index in [0.29, 0.717) is 5.02 Å². The topological polar surface area (TPSA) is 69.5 Å². The molecule has 0 unspecified atom stereocenters. The average molecular weight is 450 g/mol. The Bertz CT molecular complexity index is 1250. The minimum atomic E-state index is 0.0309. The van der Waals surface area contributed by atoms with E-state index in [9.17, 15) is 5.11 Å². The highest BCUT2D eigenvalue weighted by atomic mass is 35.5. The first kappa shape index (κ1) is 22.5. The lowest BCUT2D eigenvalue weighted by atomic mass is 10.1. The van der Waals surface area contributed by atoms with E-state index >= 15 is 0 Å². The minimum absolute atomic E-state index is 0.0309. The van der Waals surface area contributed by atoms with Gasteiger partial charge in [-0.2, -0.15) is 0 Å². The second-order valence-corrected chi connectivity index (χ2v) is 8.65. The molecule has 2 N–H and O–H groups in total. The average Bonchev–Trinajstić information content (AvgIpc) is 3.32. The number of aromatic nitrogens is 2. The molecule has 0 amide bonds. The largest absolute Gasteiger partial charge is 0.392 e. The molecular weight excluding hydrogens is 422 g/mol. The summed E-state index contributed by atoms with van der Waals surface area (Å²) in [5.41, 5.74) is 6.82. The van der Waals surface area contributed by atoms with Crippen molar-refractivity contribution in [1.82, 2.24) is 9.97 Å². The van der Waals surface area contributed by atoms with Gasteiger partial charge in [0, 0.05) is 40.9 Å². The van der Waals surface area contributed by atoms with Crippen LogP contribution in [-0.2, 0) is 13.2 Å². The molecule has 2 aromatic carbocycles. The number of aliphatic hydroxyl groups is 2. The van der Waals surface area contributed by atoms with E-state index in [1.165, 1.54) is 23.9 Å². The van der Waals surface area contributed by atoms with Crippen LogP contribution >= 0.6 is 11.6 Å². The summed E-state index contributed by atoms with van der Waals surface area (Å²) in [5, 5.41) is 21.0. The molecule has 1 fully saturated rings. The van der Waals surface area contributed by atoms with Gasteiger partial charge in [-0.1, -0.05) is 35.9 Å². The molecule has 32 heavy (non-hydrogen) atoms. The van der Waals surface area contributed by atoms with Gasteiger partial charge in [-0.15, -0.1) is 0 Å². The number of nitrogens with zero attached hydrogens (tertiary/aromatic N) is 3. The molecule has 166 valence electrons. The predicted octanol–water partition coefficient (Wildman–Crippen LogP) is 5.32. The van der Waals surface area contributed by atoms with Crippen LogP contribution in [0.3, 0.4) is 0 Å². The number of rotatable bonds is 3. The number of aryl methyl sites for hydroxylation is 2. The Kier molecular flexibility index (Phi) is 6.89. The number of aliphatic hydroxyl groups excluding tert-OH is 2. The third kappa shape index (κ3) is 4.85. The molecule has 0 bridgehead atoms. The van der Waals surface area contributed by atoms with Crippen LogP contribution in [0.5, 0.6) is 0 Å². The highest BCUT2D eigenvalue weighted by Gasteiger charge is 2.16. The number of hydrogen-bond acceptors (Lipinski definition) is 5. The van der Waals surface area contributed by atoms with Crippen molar-refractivity contribution in [1.29, 1.82) is 0 Å². The van der Waals surface area contributed by atoms with Gasteiger partial charge in [0.25, 0.3) is 0 Å². The van der Waals surface area contributed by atoms with Crippen molar-refractivity contribution in [2.24, 2.45) is 0 Å². The van der Waals surface area contributed by atoms with Gasteiger partial charge < -0.3 is 15.1 Å². The molecular formula is C26H28ClN3O2. The summed E-state index contributed by atoms with van der Waals surface area (Å²) in [4.78, 5) is 11.4. The Hall–Kier alpha value is -2.73. The lowest BCUT2D eigenvalue weighted by molar-refractivity contribution is 0.282. The van der Waals surface area contributed by atoms with Gasteiger partial charge in [-0.3, -0.25) is 9.97 Å². The summed E-state index contributed by atoms with van der Waals surface area (Å²) >= 11 is 6.06. The Labute approximate surface area is 193 Å². The predicted molar refractivity (Wildman–Crippen MR) is 131 cm³/mol. The molecule has 3 heterocycles. The molecule has 6 heteroatoms. The Morgan fingerprint density at radius 1 is 0.781 bits per heavy atom. The van der Waals surface area contributed by atoms with Gasteiger partial charge in [0.15, 0.2) is 0 Å². The van der Waals surface area contributed by atoms with Crippen LogP contribution in [0, 0.1) is 13.8 Å². The maximum Gasteiger partial charge on any atom is 0.0729 e. The third-order valence-corrected chi connectivity index (χ3v) is 6.06. The molecule has 2 aromatic heterocycles. The summed E-state index contributed by atoms with van der Waals surface area (Å²) in [6.07, 6.45) is 2.55. The maximum atomic E-state index is 9.21. The number of pyridine rings is 2. The number of halogens is 1. The molecule has 5 rings (SSSR count). The first-order valence-electron chi connectivity index (χ1n) is 10.9. The van der Waals surface area contributed by atoms with Crippen LogP contribution < -0.4 is 4.90 Å². The van der Waals surface area contributed by atoms with Crippen LogP contribution in [0.25, 0.3) is 21.8 Å². The summed E-state index contributed by atoms with van der Waals surface area (Å²) in [7, 11) is 0. The van der Waals surface area contributed by atoms with Gasteiger partial charge in [-0.25, -0.2) is 0 Å². The standard InChI is InChI=1S/C15H18N2O.C11H10ClNO/c1-11-8-15(17-6-2-3-7-17)13-5-4-12(10-18)9-14(13)16-11;1-7-4-10(12)9-3-2-8(6-14)5-11(9)13-7/h4-5,8-9,18H,2-3,6-7,10H2,1H3;2-5,14H,6H2,1H3. The van der Waals surface area contributed by atoms with Crippen molar-refractivity contribution < 1.29 is 10.2 Å². The van der Waals surface area contributed by atoms with Gasteiger partial charge in [0.05, 0.1) is 29.3 Å². The second-order valence-electron chi connectivity index (χ2n) is 8.24. The van der Waals surface area contributed by atoms with Crippen LogP contribution in [0.4, 0.5) is 5.69 Å². The third-order valence-electron chi connectivity index (χ3n) is 5.74. The molecule has 1 saturated heterocycles. The molecule has 1 aliphatic rings. The van der Waals surface area contributed by atoms with E-state index in [1.807, 2.05) is 50.2 Å². The van der Waals surface area contributed by atoms with Gasteiger partial charge in [0.2, 0.25) is 0 Å². The van der Waals surface area contributed by atoms with Gasteiger partial charge in [0.1, 0.15) is 0 Å². The molecule has 4 aromatic rings. The zero-order valence-electron chi connectivity index (χ0n) is 18.5. The Morgan fingerprint density at radius 2 is 1.31 bits per heavy atom. The number of benzene rings is 2. The molecule has 0 spiro atoms. The number of anilines is 1. The van der Waals surface area contributed by atoms with Crippen LogP contribution in [0.1, 0.15) is 35.4 Å². The van der Waals surface area contributed by atoms with E-state index in [1.54, 1.807) is 0 Å². The molecule has 0 atom stereocenters. The van der Waals surface area contributed by atoms with E-state index < -0.39 is 0 Å². The quantitative estimate of drug-likeness (QED) is 0.442. The smallest absolute Gasteiger partial charge is 0.0729 e. The highest BCUT2D eigenvalue weighted by Crippen LogP contribution is 2.30. The fourth-order valence-corrected chi connectivity index (χ4v) is 4.47. The number of hydrogen-bond donors (Lipinski definition) is 2. The molecule has 0 saturated carbocycles. The first-order chi connectivity index (χ1) is 15.5. The second kappa shape index (κ2) is 9.82. The highest BCUT2D eigenvalue weighted by molar-refractivity contribution is 6.35. The Morgan fingerprint density at radius 3 is 1.91 bits per heavy atom. The van der Waals surface area contributed by atoms with E-state index in [0.717, 1.165) is 52.0 Å². The SMILES string of the molecule is Cc1cc(Cl)c2ccc(CO)cc2n1.Cc1cc(N2CCCC2)c2ccc(CO)cc2n1. The van der Waals surface area contributed by atoms with Crippen molar-refractivity contribution in [3.63, 3.8) is 0 Å². The normalized spacial score (nSPS) is 13.5. The summed E-state index contributed by atoms with van der Waals surface area (Å²) in [6.45, 7) is 6.32. The molecule has 5 nitrogen and oxygen atoms in total. The summed E-state index contributed by atoms with van der Waals surface area (Å²) < 4.78 is 0. The zero-order valence-corrected chi connectivity index (χ0v) is 19.2. The van der Waals surface area contributed by atoms with Crippen LogP contribution in [0.2, 0.25) is 5.02 Å². The minimum Gasteiger partial charge on any atom is -0.392 e. The van der Waals surface area contributed by atoms with Crippen molar-refractivity contribution in [2.75, 3.05) is 18.0 Å². The van der Waals surface area contributed by atoms with Gasteiger partial charge >= 0.3 is 0 Å². The molecule has 1 aliphatic heterocycles. The lowest BCUT2D eigenvalue weighted by Crippen LogP contribution is -2.18. The fourth-order valence-electron chi connectivity index (χ4n) is 4.16. The van der Waals surface area contributed by atoms with Crippen molar-refractivity contribution in [2.45, 2.75) is 39.9 Å². The lowest BCUT2D eigenvalue weighted by Gasteiger charge is -2.20. The number of fused-ring (bicyclic) bond motifs is 2. The maximum absolute atomic E-state index is 9.21. The summed E-state index contributed by atoms with van der Waals surface area (Å²) in [6, 6.07) is 15.7. The van der Waals surface area contributed by atoms with Crippen molar-refractivity contribution in [3.05, 3.63) is 76.1 Å². The van der Waals surface area contributed by atoms with E-state index in [-0.39, 0.29) is 13.2 Å². The van der Waals surface area contributed by atoms with E-state index in [2.05, 4.69) is 27.0 Å².